The summed E-state index contributed by atoms with van der Waals surface area (Å²) in [5, 5.41) is 2.71. The summed E-state index contributed by atoms with van der Waals surface area (Å²) in [4.78, 5) is 11.8. The summed E-state index contributed by atoms with van der Waals surface area (Å²) in [6.45, 7) is 1.91. The quantitative estimate of drug-likeness (QED) is 0.842. The van der Waals surface area contributed by atoms with Gasteiger partial charge in [-0.3, -0.25) is 4.79 Å². The van der Waals surface area contributed by atoms with E-state index in [0.717, 1.165) is 10.0 Å². The lowest BCUT2D eigenvalue weighted by Gasteiger charge is -2.10. The molecule has 0 aliphatic carbocycles. The first-order chi connectivity index (χ1) is 9.56. The molecule has 0 fully saturated rings. The van der Waals surface area contributed by atoms with Crippen LogP contribution in [0.3, 0.4) is 0 Å². The number of nitrogen functional groups attached to an aromatic ring is 1. The molecule has 0 aliphatic heterocycles. The molecule has 2 rings (SSSR count). The number of carbonyl (C=O) groups excluding carboxylic acids is 1. The average Bonchev–Trinajstić information content (AvgIpc) is 2.40. The third kappa shape index (κ3) is 3.74. The van der Waals surface area contributed by atoms with E-state index < -0.39 is 0 Å². The van der Waals surface area contributed by atoms with Crippen molar-refractivity contribution in [3.05, 3.63) is 52.5 Å². The summed E-state index contributed by atoms with van der Waals surface area (Å²) < 4.78 is 6.29. The van der Waals surface area contributed by atoms with Gasteiger partial charge in [-0.2, -0.15) is 0 Å². The number of nitrogens with one attached hydrogen (secondary N) is 1. The molecule has 3 N–H and O–H groups in total. The number of para-hydroxylation sites is 2. The summed E-state index contributed by atoms with van der Waals surface area (Å²) in [5.74, 6) is 0.377. The third-order valence-electron chi connectivity index (χ3n) is 2.68. The number of ether oxygens (including phenoxy) is 1. The fourth-order valence-corrected chi connectivity index (χ4v) is 2.27. The van der Waals surface area contributed by atoms with E-state index in [1.807, 2.05) is 37.3 Å². The molecular weight excluding hydrogens is 320 g/mol. The van der Waals surface area contributed by atoms with Gasteiger partial charge in [-0.05, 0) is 52.7 Å². The highest BCUT2D eigenvalue weighted by Crippen LogP contribution is 2.25. The van der Waals surface area contributed by atoms with Crippen molar-refractivity contribution in [2.24, 2.45) is 0 Å². The first-order valence-corrected chi connectivity index (χ1v) is 6.89. The second-order valence-electron chi connectivity index (χ2n) is 4.36. The zero-order valence-electron chi connectivity index (χ0n) is 11.0. The van der Waals surface area contributed by atoms with E-state index in [4.69, 9.17) is 10.5 Å². The molecule has 0 saturated heterocycles. The van der Waals surface area contributed by atoms with Crippen molar-refractivity contribution in [1.82, 2.24) is 0 Å². The number of benzene rings is 2. The van der Waals surface area contributed by atoms with E-state index in [9.17, 15) is 4.79 Å². The molecule has 4 nitrogen and oxygen atoms in total. The van der Waals surface area contributed by atoms with Gasteiger partial charge in [-0.1, -0.05) is 18.2 Å². The van der Waals surface area contributed by atoms with Gasteiger partial charge in [-0.25, -0.2) is 0 Å². The second kappa shape index (κ2) is 6.43. The van der Waals surface area contributed by atoms with Gasteiger partial charge in [0, 0.05) is 0 Å². The van der Waals surface area contributed by atoms with E-state index in [2.05, 4.69) is 21.2 Å². The number of carbonyl (C=O) groups is 1. The molecule has 0 aromatic heterocycles. The van der Waals surface area contributed by atoms with E-state index in [0.29, 0.717) is 17.1 Å². The summed E-state index contributed by atoms with van der Waals surface area (Å²) in [5.41, 5.74) is 7.98. The molecule has 0 radical (unpaired) electrons. The Kier molecular flexibility index (Phi) is 4.63. The number of aryl methyl sites for hydroxylation is 1. The number of hydrogen-bond acceptors (Lipinski definition) is 3. The smallest absolute Gasteiger partial charge is 0.262 e. The SMILES string of the molecule is Cc1ccc(OCC(=O)Nc2ccccc2N)c(Br)c1. The highest BCUT2D eigenvalue weighted by atomic mass is 79.9. The molecule has 0 saturated carbocycles. The number of anilines is 2. The standard InChI is InChI=1S/C15H15BrN2O2/c1-10-6-7-14(11(16)8-10)20-9-15(19)18-13-5-3-2-4-12(13)17/h2-8H,9,17H2,1H3,(H,18,19). The minimum atomic E-state index is -0.254. The van der Waals surface area contributed by atoms with Gasteiger partial charge in [0.15, 0.2) is 6.61 Å². The molecule has 5 heteroatoms. The van der Waals surface area contributed by atoms with Crippen LogP contribution in [0.4, 0.5) is 11.4 Å². The number of hydrogen-bond donors (Lipinski definition) is 2. The second-order valence-corrected chi connectivity index (χ2v) is 5.21. The van der Waals surface area contributed by atoms with Gasteiger partial charge >= 0.3 is 0 Å². The lowest BCUT2D eigenvalue weighted by Crippen LogP contribution is -2.20. The Morgan fingerprint density at radius 2 is 2.05 bits per heavy atom. The Morgan fingerprint density at radius 1 is 1.30 bits per heavy atom. The molecule has 0 spiro atoms. The lowest BCUT2D eigenvalue weighted by atomic mass is 10.2. The van der Waals surface area contributed by atoms with Crippen LogP contribution in [0.5, 0.6) is 5.75 Å². The zero-order valence-corrected chi connectivity index (χ0v) is 12.6. The average molecular weight is 335 g/mol. The number of nitrogens with two attached hydrogens (primary N) is 1. The van der Waals surface area contributed by atoms with E-state index >= 15 is 0 Å². The maximum Gasteiger partial charge on any atom is 0.262 e. The van der Waals surface area contributed by atoms with Crippen molar-refractivity contribution in [3.63, 3.8) is 0 Å². The van der Waals surface area contributed by atoms with E-state index in [1.54, 1.807) is 12.1 Å². The van der Waals surface area contributed by atoms with Crippen molar-refractivity contribution in [2.75, 3.05) is 17.7 Å². The molecule has 20 heavy (non-hydrogen) atoms. The molecular formula is C15H15BrN2O2. The molecule has 0 atom stereocenters. The predicted molar refractivity (Wildman–Crippen MR) is 83.9 cm³/mol. The largest absolute Gasteiger partial charge is 0.483 e. The van der Waals surface area contributed by atoms with Crippen LogP contribution >= 0.6 is 15.9 Å². The van der Waals surface area contributed by atoms with Gasteiger partial charge in [0.1, 0.15) is 5.75 Å². The van der Waals surface area contributed by atoms with Gasteiger partial charge in [0.05, 0.1) is 15.8 Å². The van der Waals surface area contributed by atoms with Crippen LogP contribution in [-0.2, 0) is 4.79 Å². The van der Waals surface area contributed by atoms with Crippen molar-refractivity contribution < 1.29 is 9.53 Å². The third-order valence-corrected chi connectivity index (χ3v) is 3.30. The summed E-state index contributed by atoms with van der Waals surface area (Å²) in [6, 6.07) is 12.8. The van der Waals surface area contributed by atoms with Gasteiger partial charge < -0.3 is 15.8 Å². The number of halogens is 1. The molecule has 2 aromatic carbocycles. The Labute approximate surface area is 126 Å². The van der Waals surface area contributed by atoms with Crippen molar-refractivity contribution in [2.45, 2.75) is 6.92 Å². The number of rotatable bonds is 4. The topological polar surface area (TPSA) is 64.3 Å². The van der Waals surface area contributed by atoms with Crippen molar-refractivity contribution >= 4 is 33.2 Å². The maximum atomic E-state index is 11.8. The maximum absolute atomic E-state index is 11.8. The number of amides is 1. The van der Waals surface area contributed by atoms with Gasteiger partial charge in [0.2, 0.25) is 0 Å². The Bertz CT molecular complexity index is 629. The van der Waals surface area contributed by atoms with Crippen molar-refractivity contribution in [3.8, 4) is 5.75 Å². The first kappa shape index (κ1) is 14.4. The van der Waals surface area contributed by atoms with Crippen LogP contribution in [0.15, 0.2) is 46.9 Å². The highest BCUT2D eigenvalue weighted by molar-refractivity contribution is 9.10. The van der Waals surface area contributed by atoms with Gasteiger partial charge in [0.25, 0.3) is 5.91 Å². The van der Waals surface area contributed by atoms with Crippen LogP contribution < -0.4 is 15.8 Å². The minimum absolute atomic E-state index is 0.0734. The molecule has 0 heterocycles. The molecule has 0 unspecified atom stereocenters. The molecule has 1 amide bonds. The predicted octanol–water partition coefficient (Wildman–Crippen LogP) is 3.36. The Balaban J connectivity index is 1.94. The minimum Gasteiger partial charge on any atom is -0.483 e. The van der Waals surface area contributed by atoms with Crippen LogP contribution in [0.2, 0.25) is 0 Å². The van der Waals surface area contributed by atoms with Crippen LogP contribution in [0.25, 0.3) is 0 Å². The molecule has 2 aromatic rings. The fourth-order valence-electron chi connectivity index (χ4n) is 1.66. The molecule has 0 bridgehead atoms. The Morgan fingerprint density at radius 3 is 2.75 bits per heavy atom. The normalized spacial score (nSPS) is 10.1. The monoisotopic (exact) mass is 334 g/mol. The van der Waals surface area contributed by atoms with Crippen LogP contribution in [0.1, 0.15) is 5.56 Å². The van der Waals surface area contributed by atoms with Crippen LogP contribution in [0, 0.1) is 6.92 Å². The fraction of sp³-hybridized carbons (Fsp3) is 0.133. The summed E-state index contributed by atoms with van der Waals surface area (Å²) in [6.07, 6.45) is 0. The van der Waals surface area contributed by atoms with Crippen molar-refractivity contribution in [1.29, 1.82) is 0 Å². The first-order valence-electron chi connectivity index (χ1n) is 6.09. The molecule has 104 valence electrons. The summed E-state index contributed by atoms with van der Waals surface area (Å²) in [7, 11) is 0. The lowest BCUT2D eigenvalue weighted by molar-refractivity contribution is -0.118. The Hall–Kier alpha value is -2.01. The van der Waals surface area contributed by atoms with E-state index in [1.165, 1.54) is 0 Å². The van der Waals surface area contributed by atoms with E-state index in [-0.39, 0.29) is 12.5 Å². The molecule has 0 aliphatic rings. The van der Waals surface area contributed by atoms with Gasteiger partial charge in [-0.15, -0.1) is 0 Å². The summed E-state index contributed by atoms with van der Waals surface area (Å²) >= 11 is 3.40. The zero-order chi connectivity index (χ0) is 14.5. The van der Waals surface area contributed by atoms with Crippen LogP contribution in [-0.4, -0.2) is 12.5 Å². The highest BCUT2D eigenvalue weighted by Gasteiger charge is 2.07.